The summed E-state index contributed by atoms with van der Waals surface area (Å²) in [5.41, 5.74) is 2.08. The molecule has 1 saturated carbocycles. The number of amides is 2. The van der Waals surface area contributed by atoms with Gasteiger partial charge in [-0.1, -0.05) is 25.0 Å². The highest BCUT2D eigenvalue weighted by molar-refractivity contribution is 6.05. The number of aliphatic hydroxyl groups is 1. The lowest BCUT2D eigenvalue weighted by Crippen LogP contribution is -2.40. The van der Waals surface area contributed by atoms with Crippen molar-refractivity contribution < 1.29 is 19.4 Å². The van der Waals surface area contributed by atoms with E-state index in [-0.39, 0.29) is 36.8 Å². The SMILES string of the molecule is Cc1ccc(C)c(OC[C@H](O)CN2C(=O)[C@H]3CCCC[C@@H]3C2=O)c1. The molecule has 0 radical (unpaired) electrons. The molecule has 5 nitrogen and oxygen atoms in total. The third-order valence-corrected chi connectivity index (χ3v) is 5.10. The fourth-order valence-corrected chi connectivity index (χ4v) is 3.72. The maximum Gasteiger partial charge on any atom is 0.233 e. The number of aliphatic hydroxyl groups excluding tert-OH is 1. The van der Waals surface area contributed by atoms with Crippen LogP contribution >= 0.6 is 0 Å². The molecule has 1 heterocycles. The minimum absolute atomic E-state index is 0.0233. The number of hydrogen-bond acceptors (Lipinski definition) is 4. The van der Waals surface area contributed by atoms with Gasteiger partial charge in [-0.2, -0.15) is 0 Å². The largest absolute Gasteiger partial charge is 0.491 e. The molecule has 1 aromatic rings. The predicted octanol–water partition coefficient (Wildman–Crippen LogP) is 2.22. The molecule has 1 saturated heterocycles. The summed E-state index contributed by atoms with van der Waals surface area (Å²) in [6.07, 6.45) is 2.72. The summed E-state index contributed by atoms with van der Waals surface area (Å²) in [4.78, 5) is 26.1. The van der Waals surface area contributed by atoms with Crippen LogP contribution in [-0.4, -0.2) is 41.1 Å². The summed E-state index contributed by atoms with van der Waals surface area (Å²) >= 11 is 0. The fourth-order valence-electron chi connectivity index (χ4n) is 3.72. The van der Waals surface area contributed by atoms with Crippen molar-refractivity contribution in [3.63, 3.8) is 0 Å². The maximum atomic E-state index is 12.4. The Morgan fingerprint density at radius 1 is 1.17 bits per heavy atom. The zero-order valence-electron chi connectivity index (χ0n) is 14.3. The van der Waals surface area contributed by atoms with Gasteiger partial charge in [-0.15, -0.1) is 0 Å². The van der Waals surface area contributed by atoms with Crippen molar-refractivity contribution in [1.82, 2.24) is 4.90 Å². The normalized spacial score (nSPS) is 24.9. The molecule has 130 valence electrons. The zero-order valence-corrected chi connectivity index (χ0v) is 14.3. The molecule has 1 N–H and O–H groups in total. The van der Waals surface area contributed by atoms with E-state index in [0.717, 1.165) is 42.6 Å². The van der Waals surface area contributed by atoms with E-state index in [0.29, 0.717) is 0 Å². The van der Waals surface area contributed by atoms with Gasteiger partial charge >= 0.3 is 0 Å². The van der Waals surface area contributed by atoms with Crippen molar-refractivity contribution in [2.24, 2.45) is 11.8 Å². The van der Waals surface area contributed by atoms with Crippen molar-refractivity contribution in [3.8, 4) is 5.75 Å². The Balaban J connectivity index is 1.58. The van der Waals surface area contributed by atoms with Gasteiger partial charge in [-0.3, -0.25) is 14.5 Å². The molecule has 3 rings (SSSR count). The molecule has 2 amide bonds. The Hall–Kier alpha value is -1.88. The van der Waals surface area contributed by atoms with E-state index >= 15 is 0 Å². The molecule has 2 fully saturated rings. The lowest BCUT2D eigenvalue weighted by molar-refractivity contribution is -0.141. The number of carbonyl (C=O) groups is 2. The third kappa shape index (κ3) is 3.31. The smallest absolute Gasteiger partial charge is 0.233 e. The summed E-state index contributed by atoms with van der Waals surface area (Å²) < 4.78 is 5.68. The number of likely N-dealkylation sites (tertiary alicyclic amines) is 1. The molecule has 1 aliphatic carbocycles. The first-order valence-electron chi connectivity index (χ1n) is 8.70. The van der Waals surface area contributed by atoms with Crippen molar-refractivity contribution in [3.05, 3.63) is 29.3 Å². The van der Waals surface area contributed by atoms with E-state index in [1.165, 1.54) is 4.90 Å². The summed E-state index contributed by atoms with van der Waals surface area (Å²) in [6.45, 7) is 4.01. The van der Waals surface area contributed by atoms with Gasteiger partial charge < -0.3 is 9.84 Å². The second kappa shape index (κ2) is 6.93. The molecule has 3 atom stereocenters. The van der Waals surface area contributed by atoms with E-state index in [4.69, 9.17) is 4.74 Å². The monoisotopic (exact) mass is 331 g/mol. The molecular formula is C19H25NO4. The topological polar surface area (TPSA) is 66.8 Å². The molecule has 5 heteroatoms. The lowest BCUT2D eigenvalue weighted by atomic mass is 9.81. The minimum atomic E-state index is -0.877. The fraction of sp³-hybridized carbons (Fsp3) is 0.579. The molecular weight excluding hydrogens is 306 g/mol. The average Bonchev–Trinajstić information content (AvgIpc) is 2.81. The van der Waals surface area contributed by atoms with Crippen LogP contribution in [0, 0.1) is 25.7 Å². The van der Waals surface area contributed by atoms with Gasteiger partial charge in [0.15, 0.2) is 0 Å². The number of rotatable bonds is 5. The summed E-state index contributed by atoms with van der Waals surface area (Å²) in [7, 11) is 0. The van der Waals surface area contributed by atoms with E-state index in [1.807, 2.05) is 32.0 Å². The summed E-state index contributed by atoms with van der Waals surface area (Å²) in [5, 5.41) is 10.2. The average molecular weight is 331 g/mol. The number of β-amino-alcohol motifs (C(OH)–C–C–N with tert-alkyl or cyclic N) is 1. The highest BCUT2D eigenvalue weighted by Crippen LogP contribution is 2.38. The molecule has 0 spiro atoms. The first kappa shape index (κ1) is 17.0. The van der Waals surface area contributed by atoms with E-state index in [2.05, 4.69) is 0 Å². The first-order chi connectivity index (χ1) is 11.5. The van der Waals surface area contributed by atoms with Gasteiger partial charge in [0, 0.05) is 0 Å². The second-order valence-electron chi connectivity index (χ2n) is 7.02. The Morgan fingerprint density at radius 2 is 1.79 bits per heavy atom. The van der Waals surface area contributed by atoms with Gasteiger partial charge in [0.2, 0.25) is 11.8 Å². The second-order valence-corrected chi connectivity index (χ2v) is 7.02. The van der Waals surface area contributed by atoms with E-state index < -0.39 is 6.10 Å². The molecule has 2 aliphatic rings. The van der Waals surface area contributed by atoms with Gasteiger partial charge in [0.05, 0.1) is 18.4 Å². The van der Waals surface area contributed by atoms with Crippen LogP contribution in [-0.2, 0) is 9.59 Å². The Kier molecular flexibility index (Phi) is 4.90. The van der Waals surface area contributed by atoms with Crippen LogP contribution in [0.25, 0.3) is 0 Å². The first-order valence-corrected chi connectivity index (χ1v) is 8.70. The number of nitrogens with zero attached hydrogens (tertiary/aromatic N) is 1. The highest BCUT2D eigenvalue weighted by Gasteiger charge is 2.48. The molecule has 0 aromatic heterocycles. The van der Waals surface area contributed by atoms with Crippen molar-refractivity contribution in [1.29, 1.82) is 0 Å². The number of hydrogen-bond donors (Lipinski definition) is 1. The molecule has 1 aromatic carbocycles. The molecule has 0 unspecified atom stereocenters. The number of fused-ring (bicyclic) bond motifs is 1. The van der Waals surface area contributed by atoms with Crippen LogP contribution < -0.4 is 4.74 Å². The zero-order chi connectivity index (χ0) is 17.3. The van der Waals surface area contributed by atoms with E-state index in [9.17, 15) is 14.7 Å². The number of imide groups is 1. The molecule has 0 bridgehead atoms. The molecule has 1 aliphatic heterocycles. The minimum Gasteiger partial charge on any atom is -0.491 e. The third-order valence-electron chi connectivity index (χ3n) is 5.10. The standard InChI is InChI=1S/C19H25NO4/c1-12-7-8-13(2)17(9-12)24-11-14(21)10-20-18(22)15-5-3-4-6-16(15)19(20)23/h7-9,14-16,21H,3-6,10-11H2,1-2H3/t14-,15+,16+/m1/s1. The predicted molar refractivity (Wildman–Crippen MR) is 89.6 cm³/mol. The molecule has 24 heavy (non-hydrogen) atoms. The van der Waals surface area contributed by atoms with Crippen LogP contribution in [0.5, 0.6) is 5.75 Å². The van der Waals surface area contributed by atoms with Crippen LogP contribution in [0.1, 0.15) is 36.8 Å². The van der Waals surface area contributed by atoms with Crippen molar-refractivity contribution in [2.45, 2.75) is 45.6 Å². The Bertz CT molecular complexity index is 618. The number of benzene rings is 1. The number of aryl methyl sites for hydroxylation is 2. The quantitative estimate of drug-likeness (QED) is 0.840. The van der Waals surface area contributed by atoms with E-state index in [1.54, 1.807) is 0 Å². The van der Waals surface area contributed by atoms with Gasteiger partial charge in [-0.05, 0) is 43.9 Å². The Morgan fingerprint density at radius 3 is 2.42 bits per heavy atom. The van der Waals surface area contributed by atoms with Gasteiger partial charge in [-0.25, -0.2) is 0 Å². The van der Waals surface area contributed by atoms with Crippen molar-refractivity contribution >= 4 is 11.8 Å². The van der Waals surface area contributed by atoms with Gasteiger partial charge in [0.25, 0.3) is 0 Å². The van der Waals surface area contributed by atoms with Crippen LogP contribution in [0.2, 0.25) is 0 Å². The number of carbonyl (C=O) groups excluding carboxylic acids is 2. The van der Waals surface area contributed by atoms with Crippen LogP contribution in [0.4, 0.5) is 0 Å². The van der Waals surface area contributed by atoms with Crippen LogP contribution in [0.3, 0.4) is 0 Å². The number of ether oxygens (including phenoxy) is 1. The van der Waals surface area contributed by atoms with Crippen molar-refractivity contribution in [2.75, 3.05) is 13.2 Å². The summed E-state index contributed by atoms with van der Waals surface area (Å²) in [5.74, 6) is 0.157. The lowest BCUT2D eigenvalue weighted by Gasteiger charge is -2.20. The van der Waals surface area contributed by atoms with Gasteiger partial charge in [0.1, 0.15) is 18.5 Å². The Labute approximate surface area is 142 Å². The highest BCUT2D eigenvalue weighted by atomic mass is 16.5. The van der Waals surface area contributed by atoms with Crippen LogP contribution in [0.15, 0.2) is 18.2 Å². The summed E-state index contributed by atoms with van der Waals surface area (Å²) in [6, 6.07) is 5.89. The maximum absolute atomic E-state index is 12.4.